The molecule has 39 heavy (non-hydrogen) atoms. The van der Waals surface area contributed by atoms with Crippen molar-refractivity contribution in [1.29, 1.82) is 0 Å². The molecule has 6 rings (SSSR count). The maximum absolute atomic E-state index is 12.9. The van der Waals surface area contributed by atoms with Gasteiger partial charge in [-0.3, -0.25) is 0 Å². The topological polar surface area (TPSA) is 76.0 Å². The Morgan fingerprint density at radius 3 is 2.69 bits per heavy atom. The highest BCUT2D eigenvalue weighted by Gasteiger charge is 2.82. The van der Waals surface area contributed by atoms with Crippen LogP contribution < -0.4 is 4.74 Å². The summed E-state index contributed by atoms with van der Waals surface area (Å²) in [7, 11) is 0. The number of hydrogen-bond acceptors (Lipinski definition) is 5. The molecule has 5 nitrogen and oxygen atoms in total. The van der Waals surface area contributed by atoms with Gasteiger partial charge < -0.3 is 19.7 Å². The van der Waals surface area contributed by atoms with Crippen LogP contribution in [0.1, 0.15) is 103 Å². The summed E-state index contributed by atoms with van der Waals surface area (Å²) in [4.78, 5) is 12.9. The molecule has 1 aromatic rings. The van der Waals surface area contributed by atoms with Crippen molar-refractivity contribution in [3.05, 3.63) is 29.3 Å². The number of benzene rings is 1. The fourth-order valence-electron chi connectivity index (χ4n) is 10.5. The number of rotatable bonds is 11. The van der Waals surface area contributed by atoms with Gasteiger partial charge in [0, 0.05) is 5.41 Å². The lowest BCUT2D eigenvalue weighted by Crippen LogP contribution is -2.70. The Morgan fingerprint density at radius 2 is 1.95 bits per heavy atom. The highest BCUT2D eigenvalue weighted by atomic mass is 16.6. The van der Waals surface area contributed by atoms with Gasteiger partial charge in [0.1, 0.15) is 11.9 Å². The predicted molar refractivity (Wildman–Crippen MR) is 151 cm³/mol. The number of hydrogen-bond donors (Lipinski definition) is 2. The van der Waals surface area contributed by atoms with Crippen molar-refractivity contribution < 1.29 is 24.5 Å². The van der Waals surface area contributed by atoms with Crippen LogP contribution in [-0.2, 0) is 22.4 Å². The van der Waals surface area contributed by atoms with Gasteiger partial charge in [0.15, 0.2) is 6.61 Å². The van der Waals surface area contributed by atoms with Crippen molar-refractivity contribution in [3.63, 3.8) is 0 Å². The largest absolute Gasteiger partial charge is 0.482 e. The Labute approximate surface area is 235 Å². The first-order valence-corrected chi connectivity index (χ1v) is 15.9. The normalized spacial score (nSPS) is 42.0. The van der Waals surface area contributed by atoms with E-state index in [-0.39, 0.29) is 42.2 Å². The van der Waals surface area contributed by atoms with Crippen LogP contribution in [0, 0.1) is 39.9 Å². The van der Waals surface area contributed by atoms with Gasteiger partial charge in [-0.2, -0.15) is 0 Å². The molecule has 3 unspecified atom stereocenters. The van der Waals surface area contributed by atoms with Crippen molar-refractivity contribution in [2.24, 2.45) is 39.9 Å². The molecule has 4 saturated carbocycles. The number of ether oxygens (including phenoxy) is 2. The molecule has 2 N–H and O–H groups in total. The quantitative estimate of drug-likeness (QED) is 0.257. The zero-order valence-corrected chi connectivity index (χ0v) is 24.6. The van der Waals surface area contributed by atoms with Gasteiger partial charge in [-0.05, 0) is 109 Å². The smallest absolute Gasteiger partial charge is 0.344 e. The minimum atomic E-state index is -0.296. The van der Waals surface area contributed by atoms with Crippen LogP contribution in [-0.4, -0.2) is 41.1 Å². The molecule has 5 aliphatic carbocycles. The van der Waals surface area contributed by atoms with E-state index in [1.165, 1.54) is 30.4 Å². The van der Waals surface area contributed by atoms with E-state index >= 15 is 0 Å². The zero-order chi connectivity index (χ0) is 27.6. The molecule has 0 heterocycles. The Balaban J connectivity index is 1.04. The first-order chi connectivity index (χ1) is 18.6. The lowest BCUT2D eigenvalue weighted by molar-refractivity contribution is -0.288. The van der Waals surface area contributed by atoms with Crippen LogP contribution in [0.2, 0.25) is 0 Å². The average Bonchev–Trinajstić information content (AvgIpc) is 3.21. The van der Waals surface area contributed by atoms with Crippen molar-refractivity contribution in [1.82, 2.24) is 0 Å². The maximum Gasteiger partial charge on any atom is 0.344 e. The summed E-state index contributed by atoms with van der Waals surface area (Å²) >= 11 is 0. The van der Waals surface area contributed by atoms with Gasteiger partial charge >= 0.3 is 5.97 Å². The second kappa shape index (κ2) is 10.0. The molecule has 10 atom stereocenters. The van der Waals surface area contributed by atoms with Crippen molar-refractivity contribution >= 4 is 5.97 Å². The van der Waals surface area contributed by atoms with E-state index < -0.39 is 0 Å². The molecule has 0 aromatic heterocycles. The third-order valence-electron chi connectivity index (χ3n) is 12.9. The molecule has 4 fully saturated rings. The Hall–Kier alpha value is -1.59. The number of carbonyl (C=O) groups is 1. The molecule has 0 saturated heterocycles. The van der Waals surface area contributed by atoms with Crippen LogP contribution in [0.4, 0.5) is 0 Å². The van der Waals surface area contributed by atoms with Crippen LogP contribution in [0.5, 0.6) is 5.75 Å². The number of fused-ring (bicyclic) bond motifs is 2. The summed E-state index contributed by atoms with van der Waals surface area (Å²) in [5.41, 5.74) is 3.34. The van der Waals surface area contributed by atoms with Gasteiger partial charge in [0.2, 0.25) is 0 Å². The van der Waals surface area contributed by atoms with E-state index in [2.05, 4.69) is 33.8 Å². The molecular weight excluding hydrogens is 488 g/mol. The van der Waals surface area contributed by atoms with Gasteiger partial charge in [-0.1, -0.05) is 59.1 Å². The third kappa shape index (κ3) is 4.28. The summed E-state index contributed by atoms with van der Waals surface area (Å²) in [5.74, 6) is 2.36. The minimum Gasteiger partial charge on any atom is -0.482 e. The van der Waals surface area contributed by atoms with Crippen molar-refractivity contribution in [2.75, 3.05) is 6.61 Å². The van der Waals surface area contributed by atoms with Crippen LogP contribution in [0.15, 0.2) is 18.2 Å². The minimum absolute atomic E-state index is 0.00620. The fraction of sp³-hybridized carbons (Fsp3) is 0.794. The summed E-state index contributed by atoms with van der Waals surface area (Å²) in [5, 5.41) is 21.4. The monoisotopic (exact) mass is 538 g/mol. The van der Waals surface area contributed by atoms with Crippen LogP contribution >= 0.6 is 0 Å². The fourth-order valence-corrected chi connectivity index (χ4v) is 10.5. The summed E-state index contributed by atoms with van der Waals surface area (Å²) in [6, 6.07) is 6.20. The Morgan fingerprint density at radius 1 is 1.13 bits per heavy atom. The number of unbranched alkanes of at least 4 members (excludes halogenated alkanes) is 2. The van der Waals surface area contributed by atoms with Crippen LogP contribution in [0.3, 0.4) is 0 Å². The Kier molecular flexibility index (Phi) is 7.10. The molecule has 0 amide bonds. The number of aliphatic hydroxyl groups is 2. The van der Waals surface area contributed by atoms with E-state index in [1.54, 1.807) is 0 Å². The zero-order valence-electron chi connectivity index (χ0n) is 24.6. The molecule has 0 bridgehead atoms. The van der Waals surface area contributed by atoms with Gasteiger partial charge in [0.25, 0.3) is 0 Å². The van der Waals surface area contributed by atoms with Crippen LogP contribution in [0.25, 0.3) is 0 Å². The molecule has 0 spiro atoms. The van der Waals surface area contributed by atoms with E-state index in [0.717, 1.165) is 63.5 Å². The highest BCUT2D eigenvalue weighted by Crippen LogP contribution is 2.86. The average molecular weight is 539 g/mol. The first kappa shape index (κ1) is 27.6. The SMILES string of the molecule is CCCCC[C@H](O)CC[C@@H]1[C@H]2Cc3cccc(OCC(=O)O[C@@H]4CC5CC6(C)C[C@]4(C)C56C)c3C[C@H]2C[C@H]1O. The highest BCUT2D eigenvalue weighted by molar-refractivity contribution is 5.71. The molecule has 216 valence electrons. The van der Waals surface area contributed by atoms with E-state index in [1.807, 2.05) is 12.1 Å². The van der Waals surface area contributed by atoms with Crippen molar-refractivity contribution in [2.45, 2.75) is 123 Å². The van der Waals surface area contributed by atoms with Gasteiger partial charge in [0.05, 0.1) is 12.2 Å². The van der Waals surface area contributed by atoms with Crippen molar-refractivity contribution in [3.8, 4) is 5.75 Å². The third-order valence-corrected chi connectivity index (χ3v) is 12.9. The molecular formula is C34H50O5. The van der Waals surface area contributed by atoms with Gasteiger partial charge in [-0.25, -0.2) is 4.79 Å². The number of aliphatic hydroxyl groups excluding tert-OH is 2. The molecule has 5 aliphatic rings. The predicted octanol–water partition coefficient (Wildman–Crippen LogP) is 6.26. The van der Waals surface area contributed by atoms with E-state index in [9.17, 15) is 15.0 Å². The summed E-state index contributed by atoms with van der Waals surface area (Å²) in [6.45, 7) is 9.29. The van der Waals surface area contributed by atoms with E-state index in [0.29, 0.717) is 28.6 Å². The maximum atomic E-state index is 12.9. The second-order valence-electron chi connectivity index (χ2n) is 14.7. The first-order valence-electron chi connectivity index (χ1n) is 15.9. The Bertz CT molecular complexity index is 1090. The summed E-state index contributed by atoms with van der Waals surface area (Å²) < 4.78 is 12.2. The lowest BCUT2D eigenvalue weighted by atomic mass is 9.28. The second-order valence-corrected chi connectivity index (χ2v) is 14.7. The lowest BCUT2D eigenvalue weighted by Gasteiger charge is -2.75. The molecule has 1 aromatic carbocycles. The number of esters is 1. The number of carbonyl (C=O) groups excluding carboxylic acids is 1. The molecule has 0 radical (unpaired) electrons. The molecule has 0 aliphatic heterocycles. The molecule has 5 heteroatoms. The standard InChI is InChI=1S/C34H50O5/c1-5-6-7-10-24(35)12-13-25-26-14-21-9-8-11-29(27(21)15-22(26)16-28(25)36)38-19-31(37)39-30-17-23-18-32(2)20-33(30,3)34(23,32)4/h8-9,11,22-26,28,30,35-36H,5-7,10,12-20H2,1-4H3/t22-,23?,24-,25+,26-,28+,30+,32?,33-,34?/m0/s1. The van der Waals surface area contributed by atoms with Gasteiger partial charge in [-0.15, -0.1) is 0 Å². The summed E-state index contributed by atoms with van der Waals surface area (Å²) in [6.07, 6.45) is 11.5. The van der Waals surface area contributed by atoms with E-state index in [4.69, 9.17) is 9.47 Å².